The van der Waals surface area contributed by atoms with Gasteiger partial charge in [0, 0.05) is 11.4 Å². The van der Waals surface area contributed by atoms with Crippen molar-refractivity contribution < 1.29 is 0 Å². The Morgan fingerprint density at radius 3 is 2.59 bits per heavy atom. The topological polar surface area (TPSA) is 43.1 Å². The van der Waals surface area contributed by atoms with Crippen molar-refractivity contribution in [3.8, 4) is 0 Å². The van der Waals surface area contributed by atoms with Crippen LogP contribution in [-0.4, -0.2) is 19.6 Å². The average molecular weight is 309 g/mol. The lowest BCUT2D eigenvalue weighted by molar-refractivity contribution is 0.947. The number of nitrogens with zero attached hydrogens (tertiary/aromatic N) is 4. The molecule has 0 fully saturated rings. The highest BCUT2D eigenvalue weighted by atomic mass is 35.5. The minimum absolute atomic E-state index is 0.700. The molecule has 4 nitrogen and oxygen atoms in total. The summed E-state index contributed by atoms with van der Waals surface area (Å²) in [7, 11) is 0. The Balaban J connectivity index is 1.92. The van der Waals surface area contributed by atoms with E-state index in [4.69, 9.17) is 11.6 Å². The maximum Gasteiger partial charge on any atom is 0.182 e. The summed E-state index contributed by atoms with van der Waals surface area (Å²) in [6.45, 7) is 1.96. The molecule has 0 N–H and O–H groups in total. The quantitative estimate of drug-likeness (QED) is 0.565. The first-order valence-corrected chi connectivity index (χ1v) is 7.44. The van der Waals surface area contributed by atoms with E-state index >= 15 is 0 Å². The Hall–Kier alpha value is -2.46. The van der Waals surface area contributed by atoms with Crippen molar-refractivity contribution in [2.45, 2.75) is 13.3 Å². The van der Waals surface area contributed by atoms with E-state index in [9.17, 15) is 0 Å². The first-order chi connectivity index (χ1) is 10.7. The molecule has 4 rings (SSSR count). The summed E-state index contributed by atoms with van der Waals surface area (Å²) < 4.78 is 2.09. The molecule has 4 aromatic rings. The molecule has 0 bridgehead atoms. The molecule has 5 heteroatoms. The van der Waals surface area contributed by atoms with Crippen LogP contribution in [0.4, 0.5) is 0 Å². The lowest BCUT2D eigenvalue weighted by atomic mass is 10.1. The van der Waals surface area contributed by atoms with Crippen LogP contribution in [0.5, 0.6) is 0 Å². The summed E-state index contributed by atoms with van der Waals surface area (Å²) in [6.07, 6.45) is 0.700. The molecule has 0 aliphatic carbocycles. The number of fused-ring (bicyclic) bond motifs is 3. The van der Waals surface area contributed by atoms with Crippen LogP contribution < -0.4 is 0 Å². The van der Waals surface area contributed by atoms with E-state index < -0.39 is 0 Å². The van der Waals surface area contributed by atoms with Gasteiger partial charge in [-0.1, -0.05) is 35.9 Å². The molecule has 0 aliphatic heterocycles. The van der Waals surface area contributed by atoms with Crippen LogP contribution in [0.1, 0.15) is 17.1 Å². The van der Waals surface area contributed by atoms with Gasteiger partial charge in [0.1, 0.15) is 5.82 Å². The van der Waals surface area contributed by atoms with Gasteiger partial charge in [0.25, 0.3) is 0 Å². The molecule has 2 aromatic heterocycles. The van der Waals surface area contributed by atoms with Gasteiger partial charge in [-0.15, -0.1) is 10.2 Å². The number of hydrogen-bond donors (Lipinski definition) is 0. The van der Waals surface area contributed by atoms with Crippen molar-refractivity contribution in [1.82, 2.24) is 19.6 Å². The highest BCUT2D eigenvalue weighted by Crippen LogP contribution is 2.20. The summed E-state index contributed by atoms with van der Waals surface area (Å²) in [6, 6.07) is 15.9. The van der Waals surface area contributed by atoms with Crippen LogP contribution in [0.15, 0.2) is 48.5 Å². The number of aryl methyl sites for hydroxylation is 1. The largest absolute Gasteiger partial charge is 0.275 e. The molecule has 0 amide bonds. The third kappa shape index (κ3) is 2.12. The van der Waals surface area contributed by atoms with Gasteiger partial charge in [-0.05, 0) is 36.8 Å². The monoisotopic (exact) mass is 308 g/mol. The van der Waals surface area contributed by atoms with Crippen molar-refractivity contribution in [2.75, 3.05) is 0 Å². The van der Waals surface area contributed by atoms with E-state index in [1.54, 1.807) is 0 Å². The van der Waals surface area contributed by atoms with E-state index in [-0.39, 0.29) is 0 Å². The predicted molar refractivity (Wildman–Crippen MR) is 87.3 cm³/mol. The first-order valence-electron chi connectivity index (χ1n) is 7.06. The van der Waals surface area contributed by atoms with Crippen LogP contribution in [0, 0.1) is 6.92 Å². The Morgan fingerprint density at radius 2 is 1.77 bits per heavy atom. The summed E-state index contributed by atoms with van der Waals surface area (Å²) in [5, 5.41) is 9.41. The molecule has 0 spiro atoms. The Labute approximate surface area is 132 Å². The van der Waals surface area contributed by atoms with E-state index in [2.05, 4.69) is 19.6 Å². The number of para-hydroxylation sites is 2. The summed E-state index contributed by atoms with van der Waals surface area (Å²) in [5.41, 5.74) is 4.81. The van der Waals surface area contributed by atoms with Gasteiger partial charge < -0.3 is 0 Å². The molecule has 22 heavy (non-hydrogen) atoms. The molecular formula is C17H13ClN4. The summed E-state index contributed by atoms with van der Waals surface area (Å²) in [5.74, 6) is 0.902. The molecule has 0 saturated carbocycles. The van der Waals surface area contributed by atoms with Gasteiger partial charge in [0.05, 0.1) is 16.7 Å². The maximum absolute atomic E-state index is 5.95. The van der Waals surface area contributed by atoms with Gasteiger partial charge >= 0.3 is 0 Å². The molecule has 0 radical (unpaired) electrons. The highest BCUT2D eigenvalue weighted by molar-refractivity contribution is 6.30. The second kappa shape index (κ2) is 5.07. The van der Waals surface area contributed by atoms with Crippen LogP contribution in [0.3, 0.4) is 0 Å². The minimum Gasteiger partial charge on any atom is -0.275 e. The number of rotatable bonds is 2. The zero-order valence-corrected chi connectivity index (χ0v) is 12.7. The third-order valence-electron chi connectivity index (χ3n) is 3.74. The molecule has 0 aliphatic rings. The van der Waals surface area contributed by atoms with Gasteiger partial charge in [0.15, 0.2) is 5.65 Å². The van der Waals surface area contributed by atoms with Crippen LogP contribution in [0.25, 0.3) is 16.7 Å². The molecular weight excluding hydrogens is 296 g/mol. The minimum atomic E-state index is 0.700. The van der Waals surface area contributed by atoms with Crippen molar-refractivity contribution in [1.29, 1.82) is 0 Å². The van der Waals surface area contributed by atoms with Crippen molar-refractivity contribution >= 4 is 28.3 Å². The molecule has 2 aromatic carbocycles. The van der Waals surface area contributed by atoms with Crippen molar-refractivity contribution in [3.63, 3.8) is 0 Å². The standard InChI is InChI=1S/C17H13ClN4/c1-11-17-21-20-16(10-12-6-8-13(18)9-7-12)22(17)15-5-3-2-4-14(15)19-11/h2-9H,10H2,1H3. The predicted octanol–water partition coefficient (Wildman–Crippen LogP) is 3.83. The molecule has 0 saturated heterocycles. The molecule has 0 unspecified atom stereocenters. The second-order valence-electron chi connectivity index (χ2n) is 5.26. The summed E-state index contributed by atoms with van der Waals surface area (Å²) >= 11 is 5.95. The van der Waals surface area contributed by atoms with Crippen molar-refractivity contribution in [2.24, 2.45) is 0 Å². The summed E-state index contributed by atoms with van der Waals surface area (Å²) in [4.78, 5) is 4.59. The number of benzene rings is 2. The smallest absolute Gasteiger partial charge is 0.182 e. The van der Waals surface area contributed by atoms with Gasteiger partial charge in [0.2, 0.25) is 0 Å². The average Bonchev–Trinajstić information content (AvgIpc) is 2.94. The number of halogens is 1. The Morgan fingerprint density at radius 1 is 1.00 bits per heavy atom. The van der Waals surface area contributed by atoms with Gasteiger partial charge in [-0.25, -0.2) is 4.98 Å². The lowest BCUT2D eigenvalue weighted by Crippen LogP contribution is -2.00. The Bertz CT molecular complexity index is 973. The highest BCUT2D eigenvalue weighted by Gasteiger charge is 2.12. The first kappa shape index (κ1) is 13.2. The second-order valence-corrected chi connectivity index (χ2v) is 5.70. The fraction of sp³-hybridized carbons (Fsp3) is 0.118. The fourth-order valence-corrected chi connectivity index (χ4v) is 2.81. The zero-order chi connectivity index (χ0) is 15.1. The normalized spacial score (nSPS) is 11.4. The number of aromatic nitrogens is 4. The molecule has 2 heterocycles. The molecule has 0 atom stereocenters. The van der Waals surface area contributed by atoms with Gasteiger partial charge in [-0.3, -0.25) is 4.40 Å². The van der Waals surface area contributed by atoms with E-state index in [1.807, 2.05) is 55.5 Å². The van der Waals surface area contributed by atoms with Crippen molar-refractivity contribution in [3.05, 3.63) is 70.6 Å². The van der Waals surface area contributed by atoms with Crippen LogP contribution in [0.2, 0.25) is 5.02 Å². The van der Waals surface area contributed by atoms with Crippen LogP contribution >= 0.6 is 11.6 Å². The molecule has 108 valence electrons. The number of hydrogen-bond acceptors (Lipinski definition) is 3. The van der Waals surface area contributed by atoms with E-state index in [0.717, 1.165) is 38.8 Å². The van der Waals surface area contributed by atoms with E-state index in [0.29, 0.717) is 6.42 Å². The maximum atomic E-state index is 5.95. The lowest BCUT2D eigenvalue weighted by Gasteiger charge is -2.06. The SMILES string of the molecule is Cc1nc2ccccc2n2c(Cc3ccc(Cl)cc3)nnc12. The van der Waals surface area contributed by atoms with Crippen LogP contribution in [-0.2, 0) is 6.42 Å². The van der Waals surface area contributed by atoms with E-state index in [1.165, 1.54) is 0 Å². The Kier molecular flexibility index (Phi) is 3.05. The third-order valence-corrected chi connectivity index (χ3v) is 3.99. The van der Waals surface area contributed by atoms with Gasteiger partial charge in [-0.2, -0.15) is 0 Å². The zero-order valence-electron chi connectivity index (χ0n) is 12.0. The fourth-order valence-electron chi connectivity index (χ4n) is 2.68.